The first kappa shape index (κ1) is 13.5. The van der Waals surface area contributed by atoms with E-state index in [4.69, 9.17) is 4.74 Å². The zero-order valence-corrected chi connectivity index (χ0v) is 11.6. The van der Waals surface area contributed by atoms with Gasteiger partial charge in [-0.2, -0.15) is 0 Å². The summed E-state index contributed by atoms with van der Waals surface area (Å²) in [6.07, 6.45) is -0.270. The number of hydrogen-bond donors (Lipinski definition) is 1. The molecule has 1 fully saturated rings. The average Bonchev–Trinajstić information content (AvgIpc) is 2.47. The van der Waals surface area contributed by atoms with Gasteiger partial charge in [-0.3, -0.25) is 0 Å². The number of ether oxygens (including phenoxy) is 1. The van der Waals surface area contributed by atoms with Gasteiger partial charge in [0, 0.05) is 19.0 Å². The molecule has 1 heterocycles. The molecule has 21 heavy (non-hydrogen) atoms. The number of hydrogen-bond acceptors (Lipinski definition) is 3. The second-order valence-electron chi connectivity index (χ2n) is 5.23. The Balaban J connectivity index is 1.47. The summed E-state index contributed by atoms with van der Waals surface area (Å²) in [6, 6.07) is 16.8. The molecule has 3 rings (SSSR count). The highest BCUT2D eigenvalue weighted by atomic mass is 16.6. The van der Waals surface area contributed by atoms with Gasteiger partial charge in [0.15, 0.2) is 0 Å². The zero-order valence-electron chi connectivity index (χ0n) is 11.6. The topological polar surface area (TPSA) is 49.8 Å². The standard InChI is InChI=1S/C17H17NO3/c19-16-8-6-14(7-9-16)15-10-18(11-15)17(20)21-12-13-4-2-1-3-5-13/h1-9,15,19H,10-12H2. The lowest BCUT2D eigenvalue weighted by Crippen LogP contribution is -2.48. The highest BCUT2D eigenvalue weighted by Gasteiger charge is 2.32. The van der Waals surface area contributed by atoms with Crippen molar-refractivity contribution in [1.29, 1.82) is 0 Å². The van der Waals surface area contributed by atoms with Gasteiger partial charge in [-0.05, 0) is 23.3 Å². The fraction of sp³-hybridized carbons (Fsp3) is 0.235. The van der Waals surface area contributed by atoms with Crippen LogP contribution in [0.4, 0.5) is 4.79 Å². The lowest BCUT2D eigenvalue weighted by Gasteiger charge is -2.38. The number of carbonyl (C=O) groups is 1. The highest BCUT2D eigenvalue weighted by Crippen LogP contribution is 2.28. The summed E-state index contributed by atoms with van der Waals surface area (Å²) in [6.45, 7) is 1.64. The molecule has 0 spiro atoms. The Labute approximate surface area is 123 Å². The molecule has 0 aromatic heterocycles. The van der Waals surface area contributed by atoms with E-state index in [0.29, 0.717) is 25.6 Å². The predicted octanol–water partition coefficient (Wildman–Crippen LogP) is 3.13. The Morgan fingerprint density at radius 1 is 1.10 bits per heavy atom. The number of phenols is 1. The van der Waals surface area contributed by atoms with Crippen LogP contribution in [-0.2, 0) is 11.3 Å². The van der Waals surface area contributed by atoms with Crippen molar-refractivity contribution in [3.63, 3.8) is 0 Å². The molecule has 4 heteroatoms. The van der Waals surface area contributed by atoms with Crippen LogP contribution in [0.25, 0.3) is 0 Å². The lowest BCUT2D eigenvalue weighted by molar-refractivity contribution is 0.0664. The third-order valence-corrected chi connectivity index (χ3v) is 3.71. The molecule has 0 aliphatic carbocycles. The van der Waals surface area contributed by atoms with E-state index in [0.717, 1.165) is 11.1 Å². The van der Waals surface area contributed by atoms with Gasteiger partial charge < -0.3 is 14.7 Å². The van der Waals surface area contributed by atoms with Crippen molar-refractivity contribution in [2.45, 2.75) is 12.5 Å². The van der Waals surface area contributed by atoms with Crippen molar-refractivity contribution in [3.05, 3.63) is 65.7 Å². The number of carbonyl (C=O) groups excluding carboxylic acids is 1. The normalized spacial score (nSPS) is 14.6. The quantitative estimate of drug-likeness (QED) is 0.941. The van der Waals surface area contributed by atoms with Crippen molar-refractivity contribution < 1.29 is 14.6 Å². The Hall–Kier alpha value is -2.49. The molecule has 0 atom stereocenters. The molecule has 2 aromatic rings. The second-order valence-corrected chi connectivity index (χ2v) is 5.23. The Bertz CT molecular complexity index is 604. The molecular weight excluding hydrogens is 266 g/mol. The van der Waals surface area contributed by atoms with Crippen LogP contribution in [-0.4, -0.2) is 29.2 Å². The highest BCUT2D eigenvalue weighted by molar-refractivity contribution is 5.69. The fourth-order valence-electron chi connectivity index (χ4n) is 2.40. The molecule has 2 aromatic carbocycles. The van der Waals surface area contributed by atoms with Crippen LogP contribution < -0.4 is 0 Å². The molecule has 0 saturated carbocycles. The van der Waals surface area contributed by atoms with Gasteiger partial charge in [-0.25, -0.2) is 4.79 Å². The van der Waals surface area contributed by atoms with Gasteiger partial charge in [0.25, 0.3) is 0 Å². The van der Waals surface area contributed by atoms with Gasteiger partial charge >= 0.3 is 6.09 Å². The summed E-state index contributed by atoms with van der Waals surface area (Å²) in [5.41, 5.74) is 2.13. The molecule has 1 saturated heterocycles. The molecule has 1 aliphatic rings. The summed E-state index contributed by atoms with van der Waals surface area (Å²) in [5.74, 6) is 0.590. The Morgan fingerprint density at radius 2 is 1.76 bits per heavy atom. The van der Waals surface area contributed by atoms with Gasteiger partial charge in [0.05, 0.1) is 0 Å². The van der Waals surface area contributed by atoms with Crippen molar-refractivity contribution in [1.82, 2.24) is 4.90 Å². The van der Waals surface area contributed by atoms with E-state index in [1.165, 1.54) is 0 Å². The van der Waals surface area contributed by atoms with Crippen LogP contribution in [0, 0.1) is 0 Å². The molecule has 1 aliphatic heterocycles. The minimum Gasteiger partial charge on any atom is -0.508 e. The number of phenolic OH excluding ortho intramolecular Hbond substituents is 1. The minimum absolute atomic E-state index is 0.261. The second kappa shape index (κ2) is 5.87. The summed E-state index contributed by atoms with van der Waals surface area (Å²) < 4.78 is 5.28. The monoisotopic (exact) mass is 283 g/mol. The van der Waals surface area contributed by atoms with E-state index in [-0.39, 0.29) is 11.8 Å². The summed E-state index contributed by atoms with van der Waals surface area (Å²) in [4.78, 5) is 13.6. The molecule has 0 radical (unpaired) electrons. The maximum absolute atomic E-state index is 11.9. The Kier molecular flexibility index (Phi) is 3.77. The van der Waals surface area contributed by atoms with Gasteiger partial charge in [-0.1, -0.05) is 42.5 Å². The number of benzene rings is 2. The first-order valence-corrected chi connectivity index (χ1v) is 6.97. The number of nitrogens with zero attached hydrogens (tertiary/aromatic N) is 1. The van der Waals surface area contributed by atoms with Crippen LogP contribution >= 0.6 is 0 Å². The predicted molar refractivity (Wildman–Crippen MR) is 79.0 cm³/mol. The summed E-state index contributed by atoms with van der Waals surface area (Å²) in [7, 11) is 0. The van der Waals surface area contributed by atoms with E-state index < -0.39 is 0 Å². The Morgan fingerprint density at radius 3 is 2.43 bits per heavy atom. The molecule has 0 bridgehead atoms. The van der Waals surface area contributed by atoms with Gasteiger partial charge in [0.2, 0.25) is 0 Å². The van der Waals surface area contributed by atoms with Crippen LogP contribution in [0.3, 0.4) is 0 Å². The number of aromatic hydroxyl groups is 1. The smallest absolute Gasteiger partial charge is 0.410 e. The van der Waals surface area contributed by atoms with Gasteiger partial charge in [-0.15, -0.1) is 0 Å². The molecule has 108 valence electrons. The first-order valence-electron chi connectivity index (χ1n) is 6.97. The molecular formula is C17H17NO3. The number of likely N-dealkylation sites (tertiary alicyclic amines) is 1. The van der Waals surface area contributed by atoms with Crippen LogP contribution in [0.15, 0.2) is 54.6 Å². The summed E-state index contributed by atoms with van der Waals surface area (Å²) in [5, 5.41) is 9.26. The number of amides is 1. The zero-order chi connectivity index (χ0) is 14.7. The maximum atomic E-state index is 11.9. The van der Waals surface area contributed by atoms with E-state index in [1.807, 2.05) is 42.5 Å². The van der Waals surface area contributed by atoms with Crippen molar-refractivity contribution >= 4 is 6.09 Å². The van der Waals surface area contributed by atoms with Crippen molar-refractivity contribution in [2.75, 3.05) is 13.1 Å². The van der Waals surface area contributed by atoms with Crippen molar-refractivity contribution in [3.8, 4) is 5.75 Å². The van der Waals surface area contributed by atoms with Crippen molar-refractivity contribution in [2.24, 2.45) is 0 Å². The average molecular weight is 283 g/mol. The molecule has 0 unspecified atom stereocenters. The fourth-order valence-corrected chi connectivity index (χ4v) is 2.40. The third-order valence-electron chi connectivity index (χ3n) is 3.71. The lowest BCUT2D eigenvalue weighted by atomic mass is 9.92. The molecule has 1 N–H and O–H groups in total. The first-order chi connectivity index (χ1) is 10.2. The minimum atomic E-state index is -0.270. The van der Waals surface area contributed by atoms with Crippen LogP contribution in [0.1, 0.15) is 17.0 Å². The van der Waals surface area contributed by atoms with E-state index in [9.17, 15) is 9.90 Å². The van der Waals surface area contributed by atoms with E-state index in [2.05, 4.69) is 0 Å². The van der Waals surface area contributed by atoms with E-state index in [1.54, 1.807) is 17.0 Å². The molecule has 4 nitrogen and oxygen atoms in total. The maximum Gasteiger partial charge on any atom is 0.410 e. The number of rotatable bonds is 3. The molecule has 1 amide bonds. The van der Waals surface area contributed by atoms with Gasteiger partial charge in [0.1, 0.15) is 12.4 Å². The summed E-state index contributed by atoms with van der Waals surface area (Å²) >= 11 is 0. The SMILES string of the molecule is O=C(OCc1ccccc1)N1CC(c2ccc(O)cc2)C1. The third kappa shape index (κ3) is 3.16. The van der Waals surface area contributed by atoms with Crippen LogP contribution in [0.2, 0.25) is 0 Å². The largest absolute Gasteiger partial charge is 0.508 e. The van der Waals surface area contributed by atoms with Crippen LogP contribution in [0.5, 0.6) is 5.75 Å². The van der Waals surface area contributed by atoms with E-state index >= 15 is 0 Å².